The van der Waals surface area contributed by atoms with Gasteiger partial charge in [-0.25, -0.2) is 8.78 Å². The third-order valence-electron chi connectivity index (χ3n) is 5.46. The quantitative estimate of drug-likeness (QED) is 0.370. The highest BCUT2D eigenvalue weighted by atomic mass is 19.3. The number of allylic oxidation sites excluding steroid dienone is 5. The molecule has 1 atom stereocenters. The first kappa shape index (κ1) is 29.2. The monoisotopic (exact) mass is 471 g/mol. The molecule has 0 amide bonds. The van der Waals surface area contributed by atoms with Crippen LogP contribution in [0.25, 0.3) is 0 Å². The van der Waals surface area contributed by atoms with Gasteiger partial charge in [0.1, 0.15) is 0 Å². The highest BCUT2D eigenvalue weighted by Gasteiger charge is 2.24. The fourth-order valence-electron chi connectivity index (χ4n) is 3.73. The summed E-state index contributed by atoms with van der Waals surface area (Å²) in [5, 5.41) is 11.9. The van der Waals surface area contributed by atoms with Gasteiger partial charge in [-0.1, -0.05) is 32.4 Å². The largest absolute Gasteiger partial charge is 0.372 e. The third-order valence-corrected chi connectivity index (χ3v) is 5.46. The van der Waals surface area contributed by atoms with E-state index in [1.807, 2.05) is 26.0 Å². The van der Waals surface area contributed by atoms with Crippen molar-refractivity contribution in [3.05, 3.63) is 64.8 Å². The summed E-state index contributed by atoms with van der Waals surface area (Å²) in [6, 6.07) is 5.99. The summed E-state index contributed by atoms with van der Waals surface area (Å²) in [7, 11) is 0. The Morgan fingerprint density at radius 2 is 2.12 bits per heavy atom. The van der Waals surface area contributed by atoms with E-state index < -0.39 is 6.43 Å². The van der Waals surface area contributed by atoms with Gasteiger partial charge in [-0.05, 0) is 52.7 Å². The number of halogens is 2. The number of aryl methyl sites for hydroxylation is 1. The van der Waals surface area contributed by atoms with Crippen LogP contribution in [0.15, 0.2) is 58.5 Å². The SMILES string of the molecule is CCCc1cc(C#N)ccn1.C\C=C(C(/C(C)=N/C=C/CC)=C(/C)N1CCNC(C)C1)\C(F)F. The summed E-state index contributed by atoms with van der Waals surface area (Å²) in [6.45, 7) is 14.1. The van der Waals surface area contributed by atoms with Crippen LogP contribution in [0.3, 0.4) is 0 Å². The zero-order valence-electron chi connectivity index (χ0n) is 21.4. The lowest BCUT2D eigenvalue weighted by Crippen LogP contribution is -2.48. The maximum absolute atomic E-state index is 13.5. The smallest absolute Gasteiger partial charge is 0.264 e. The molecule has 1 aromatic heterocycles. The zero-order valence-corrected chi connectivity index (χ0v) is 21.4. The minimum absolute atomic E-state index is 0.0554. The van der Waals surface area contributed by atoms with Crippen molar-refractivity contribution in [2.75, 3.05) is 19.6 Å². The van der Waals surface area contributed by atoms with Gasteiger partial charge in [-0.15, -0.1) is 0 Å². The lowest BCUT2D eigenvalue weighted by Gasteiger charge is -2.35. The number of nitriles is 1. The predicted molar refractivity (Wildman–Crippen MR) is 137 cm³/mol. The van der Waals surface area contributed by atoms with Crippen LogP contribution >= 0.6 is 0 Å². The minimum atomic E-state index is -2.51. The Balaban J connectivity index is 0.000000437. The van der Waals surface area contributed by atoms with Crippen molar-refractivity contribution in [2.45, 2.75) is 73.3 Å². The summed E-state index contributed by atoms with van der Waals surface area (Å²) in [5.74, 6) is 0. The van der Waals surface area contributed by atoms with Gasteiger partial charge < -0.3 is 10.2 Å². The first-order chi connectivity index (χ1) is 16.3. The molecule has 2 rings (SSSR count). The summed E-state index contributed by atoms with van der Waals surface area (Å²) < 4.78 is 27.0. The molecule has 1 fully saturated rings. The lowest BCUT2D eigenvalue weighted by molar-refractivity contribution is 0.191. The van der Waals surface area contributed by atoms with Crippen molar-refractivity contribution >= 4 is 5.71 Å². The highest BCUT2D eigenvalue weighted by Crippen LogP contribution is 2.26. The van der Waals surface area contributed by atoms with E-state index in [-0.39, 0.29) is 5.57 Å². The molecule has 1 aromatic rings. The van der Waals surface area contributed by atoms with Gasteiger partial charge in [0.25, 0.3) is 6.43 Å². The summed E-state index contributed by atoms with van der Waals surface area (Å²) >= 11 is 0. The van der Waals surface area contributed by atoms with Gasteiger partial charge in [0.05, 0.1) is 11.6 Å². The minimum Gasteiger partial charge on any atom is -0.372 e. The molecule has 0 saturated carbocycles. The van der Waals surface area contributed by atoms with Gasteiger partial charge in [-0.3, -0.25) is 9.98 Å². The second-order valence-corrected chi connectivity index (χ2v) is 8.21. The highest BCUT2D eigenvalue weighted by molar-refractivity contribution is 6.03. The average Bonchev–Trinajstić information content (AvgIpc) is 2.82. The van der Waals surface area contributed by atoms with Gasteiger partial charge in [0, 0.05) is 66.3 Å². The Kier molecular flexibility index (Phi) is 13.6. The molecule has 1 saturated heterocycles. The molecule has 1 aliphatic heterocycles. The number of nitrogens with one attached hydrogen (secondary N) is 1. The Morgan fingerprint density at radius 1 is 1.38 bits per heavy atom. The van der Waals surface area contributed by atoms with E-state index in [0.29, 0.717) is 22.9 Å². The molecule has 0 spiro atoms. The molecule has 0 aromatic carbocycles. The van der Waals surface area contributed by atoms with Crippen molar-refractivity contribution in [2.24, 2.45) is 4.99 Å². The molecular formula is C27H39F2N5. The second-order valence-electron chi connectivity index (χ2n) is 8.21. The third kappa shape index (κ3) is 9.56. The summed E-state index contributed by atoms with van der Waals surface area (Å²) in [4.78, 5) is 10.7. The number of hydrogen-bond acceptors (Lipinski definition) is 5. The molecule has 0 bridgehead atoms. The van der Waals surface area contributed by atoms with Crippen molar-refractivity contribution in [3.8, 4) is 6.07 Å². The van der Waals surface area contributed by atoms with Crippen molar-refractivity contribution < 1.29 is 8.78 Å². The molecule has 0 aliphatic carbocycles. The van der Waals surface area contributed by atoms with Gasteiger partial charge >= 0.3 is 0 Å². The number of aliphatic imine (C=N–C) groups is 1. The van der Waals surface area contributed by atoms with E-state index in [2.05, 4.69) is 40.1 Å². The summed E-state index contributed by atoms with van der Waals surface area (Å²) in [6.07, 6.45) is 7.18. The topological polar surface area (TPSA) is 64.3 Å². The lowest BCUT2D eigenvalue weighted by atomic mass is 9.98. The molecular weight excluding hydrogens is 432 g/mol. The molecule has 1 unspecified atom stereocenters. The van der Waals surface area contributed by atoms with Crippen LogP contribution < -0.4 is 5.32 Å². The van der Waals surface area contributed by atoms with Crippen LogP contribution in [0.4, 0.5) is 8.78 Å². The maximum atomic E-state index is 13.5. The number of alkyl halides is 2. The number of piperazine rings is 1. The predicted octanol–water partition coefficient (Wildman–Crippen LogP) is 6.06. The fraction of sp³-hybridized carbons (Fsp3) is 0.519. The van der Waals surface area contributed by atoms with E-state index >= 15 is 0 Å². The van der Waals surface area contributed by atoms with Crippen LogP contribution in [-0.4, -0.2) is 47.7 Å². The standard InChI is InChI=1S/C18H29F2N3.C9H10N2/c1-6-8-9-22-14(4)17(16(7-2)18(19)20)15(5)23-11-10-21-13(3)12-23;1-2-3-9-6-8(7-10)4-5-11-9/h7-9,13,18,21H,6,10-12H2,1-5H3;4-6H,2-3H2,1H3/b9-8+,16-7+,17-15-,22-14+;. The molecule has 7 heteroatoms. The van der Waals surface area contributed by atoms with Gasteiger partial charge in [0.15, 0.2) is 0 Å². The van der Waals surface area contributed by atoms with Crippen LogP contribution in [0.5, 0.6) is 0 Å². The molecule has 2 heterocycles. The van der Waals surface area contributed by atoms with E-state index in [1.165, 1.54) is 6.08 Å². The molecule has 1 N–H and O–H groups in total. The van der Waals surface area contributed by atoms with Crippen molar-refractivity contribution in [1.82, 2.24) is 15.2 Å². The van der Waals surface area contributed by atoms with Gasteiger partial charge in [0.2, 0.25) is 0 Å². The molecule has 186 valence electrons. The first-order valence-corrected chi connectivity index (χ1v) is 12.0. The van der Waals surface area contributed by atoms with Gasteiger partial charge in [-0.2, -0.15) is 5.26 Å². The number of hydrogen-bond donors (Lipinski definition) is 1. The normalized spacial score (nSPS) is 17.9. The van der Waals surface area contributed by atoms with E-state index in [9.17, 15) is 8.78 Å². The number of pyridine rings is 1. The Hall–Kier alpha value is -2.85. The molecule has 5 nitrogen and oxygen atoms in total. The second kappa shape index (κ2) is 15.9. The summed E-state index contributed by atoms with van der Waals surface area (Å²) in [5.41, 5.74) is 3.83. The van der Waals surface area contributed by atoms with Crippen molar-refractivity contribution in [3.63, 3.8) is 0 Å². The first-order valence-electron chi connectivity index (χ1n) is 12.0. The average molecular weight is 472 g/mol. The molecule has 0 radical (unpaired) electrons. The van der Waals surface area contributed by atoms with E-state index in [0.717, 1.165) is 50.3 Å². The van der Waals surface area contributed by atoms with E-state index in [1.54, 1.807) is 32.3 Å². The van der Waals surface area contributed by atoms with Crippen LogP contribution in [0.2, 0.25) is 0 Å². The molecule has 1 aliphatic rings. The van der Waals surface area contributed by atoms with Crippen molar-refractivity contribution in [1.29, 1.82) is 5.26 Å². The fourth-order valence-corrected chi connectivity index (χ4v) is 3.73. The van der Waals surface area contributed by atoms with E-state index in [4.69, 9.17) is 5.26 Å². The Morgan fingerprint density at radius 3 is 2.68 bits per heavy atom. The number of nitrogens with zero attached hydrogens (tertiary/aromatic N) is 4. The van der Waals surface area contributed by atoms with Crippen LogP contribution in [-0.2, 0) is 6.42 Å². The Labute approximate surface area is 204 Å². The Bertz CT molecular complexity index is 925. The number of aromatic nitrogens is 1. The number of rotatable bonds is 8. The molecule has 34 heavy (non-hydrogen) atoms. The van der Waals surface area contributed by atoms with Crippen LogP contribution in [0, 0.1) is 11.3 Å². The van der Waals surface area contributed by atoms with Crippen LogP contribution in [0.1, 0.15) is 65.6 Å². The zero-order chi connectivity index (χ0) is 25.5. The maximum Gasteiger partial charge on any atom is 0.264 e.